The molecule has 0 aromatic carbocycles. The highest BCUT2D eigenvalue weighted by molar-refractivity contribution is 5.96. The van der Waals surface area contributed by atoms with Crippen molar-refractivity contribution in [3.05, 3.63) is 18.7 Å². The molecule has 0 spiro atoms. The van der Waals surface area contributed by atoms with Crippen molar-refractivity contribution in [2.45, 2.75) is 25.7 Å². The molecule has 1 aromatic heterocycles. The van der Waals surface area contributed by atoms with Crippen molar-refractivity contribution in [3.8, 4) is 0 Å². The van der Waals surface area contributed by atoms with Gasteiger partial charge < -0.3 is 9.80 Å². The van der Waals surface area contributed by atoms with E-state index in [1.54, 1.807) is 17.3 Å². The predicted molar refractivity (Wildman–Crippen MR) is 79.9 cm³/mol. The predicted octanol–water partition coefficient (Wildman–Crippen LogP) is 1.09. The van der Waals surface area contributed by atoms with Crippen LogP contribution in [0.3, 0.4) is 0 Å². The van der Waals surface area contributed by atoms with Crippen LogP contribution in [0.15, 0.2) is 18.7 Å². The molecule has 116 valence electrons. The van der Waals surface area contributed by atoms with Gasteiger partial charge in [-0.05, 0) is 31.1 Å². The van der Waals surface area contributed by atoms with Crippen LogP contribution >= 0.6 is 0 Å². The van der Waals surface area contributed by atoms with Gasteiger partial charge in [-0.2, -0.15) is 0 Å². The Kier molecular flexibility index (Phi) is 3.32. The molecule has 2 atom stereocenters. The maximum Gasteiger partial charge on any atom is 0.232 e. The average molecular weight is 300 g/mol. The zero-order chi connectivity index (χ0) is 15.1. The lowest BCUT2D eigenvalue weighted by molar-refractivity contribution is -0.130. The van der Waals surface area contributed by atoms with Crippen LogP contribution in [-0.4, -0.2) is 46.3 Å². The van der Waals surface area contributed by atoms with Gasteiger partial charge >= 0.3 is 0 Å². The second-order valence-corrected chi connectivity index (χ2v) is 6.69. The zero-order valence-corrected chi connectivity index (χ0v) is 12.5. The molecular weight excluding hydrogens is 280 g/mol. The fourth-order valence-electron chi connectivity index (χ4n) is 3.64. The number of hydrogen-bond donors (Lipinski definition) is 0. The number of carbonyl (C=O) groups is 2. The maximum absolute atomic E-state index is 12.7. The highest BCUT2D eigenvalue weighted by Crippen LogP contribution is 2.37. The normalized spacial score (nSPS) is 27.9. The number of likely N-dealkylation sites (tertiary alicyclic amines) is 1. The van der Waals surface area contributed by atoms with Crippen molar-refractivity contribution in [3.63, 3.8) is 0 Å². The fraction of sp³-hybridized carbons (Fsp3) is 0.625. The Morgan fingerprint density at radius 3 is 2.68 bits per heavy atom. The van der Waals surface area contributed by atoms with E-state index >= 15 is 0 Å². The van der Waals surface area contributed by atoms with E-state index in [1.165, 1.54) is 19.2 Å². The summed E-state index contributed by atoms with van der Waals surface area (Å²) in [7, 11) is 0. The third-order valence-electron chi connectivity index (χ3n) is 5.12. The fourth-order valence-corrected chi connectivity index (χ4v) is 3.64. The standard InChI is InChI=1S/C16H20N4O2/c21-15(5-11-1-2-11)19-8-12-3-4-20(16(22)14(12)9-19)13-6-17-10-18-7-13/h6-7,10-12,14H,1-5,8-9H2/t12-,14+/m0/s1. The van der Waals surface area contributed by atoms with Crippen LogP contribution < -0.4 is 4.90 Å². The van der Waals surface area contributed by atoms with Crippen LogP contribution in [0.1, 0.15) is 25.7 Å². The first-order chi connectivity index (χ1) is 10.7. The number of piperidine rings is 1. The molecule has 6 nitrogen and oxygen atoms in total. The Bertz CT molecular complexity index is 587. The van der Waals surface area contributed by atoms with Crippen molar-refractivity contribution >= 4 is 17.5 Å². The van der Waals surface area contributed by atoms with E-state index in [0.29, 0.717) is 31.3 Å². The Morgan fingerprint density at radius 1 is 1.18 bits per heavy atom. The van der Waals surface area contributed by atoms with Crippen LogP contribution in [0.5, 0.6) is 0 Å². The number of nitrogens with zero attached hydrogens (tertiary/aromatic N) is 4. The van der Waals surface area contributed by atoms with Crippen molar-refractivity contribution in [1.29, 1.82) is 0 Å². The molecule has 6 heteroatoms. The summed E-state index contributed by atoms with van der Waals surface area (Å²) in [6, 6.07) is 0. The van der Waals surface area contributed by atoms with E-state index in [2.05, 4.69) is 9.97 Å². The molecule has 1 aromatic rings. The smallest absolute Gasteiger partial charge is 0.232 e. The minimum Gasteiger partial charge on any atom is -0.342 e. The lowest BCUT2D eigenvalue weighted by atomic mass is 9.88. The average Bonchev–Trinajstić information content (AvgIpc) is 3.23. The van der Waals surface area contributed by atoms with Gasteiger partial charge in [0.1, 0.15) is 6.33 Å². The van der Waals surface area contributed by atoms with E-state index in [1.807, 2.05) is 4.90 Å². The molecule has 1 aliphatic carbocycles. The Morgan fingerprint density at radius 2 is 1.95 bits per heavy atom. The number of amides is 2. The van der Waals surface area contributed by atoms with Crippen LogP contribution in [-0.2, 0) is 9.59 Å². The molecular formula is C16H20N4O2. The van der Waals surface area contributed by atoms with Gasteiger partial charge in [-0.3, -0.25) is 9.59 Å². The van der Waals surface area contributed by atoms with Crippen LogP contribution in [0.4, 0.5) is 5.69 Å². The van der Waals surface area contributed by atoms with Crippen LogP contribution in [0.25, 0.3) is 0 Å². The molecule has 3 aliphatic rings. The lowest BCUT2D eigenvalue weighted by Gasteiger charge is -2.33. The van der Waals surface area contributed by atoms with Gasteiger partial charge in [0.05, 0.1) is 24.0 Å². The highest BCUT2D eigenvalue weighted by atomic mass is 16.2. The second kappa shape index (κ2) is 5.34. The molecule has 4 rings (SSSR count). The summed E-state index contributed by atoms with van der Waals surface area (Å²) >= 11 is 0. The molecule has 0 bridgehead atoms. The van der Waals surface area contributed by atoms with Gasteiger partial charge in [-0.15, -0.1) is 0 Å². The molecule has 1 saturated carbocycles. The zero-order valence-electron chi connectivity index (χ0n) is 12.5. The molecule has 3 heterocycles. The van der Waals surface area contributed by atoms with Gasteiger partial charge in [0, 0.05) is 26.1 Å². The topological polar surface area (TPSA) is 66.4 Å². The third kappa shape index (κ3) is 2.46. The van der Waals surface area contributed by atoms with E-state index in [-0.39, 0.29) is 17.7 Å². The summed E-state index contributed by atoms with van der Waals surface area (Å²) in [6.45, 7) is 2.03. The van der Waals surface area contributed by atoms with E-state index < -0.39 is 0 Å². The first-order valence-electron chi connectivity index (χ1n) is 8.06. The molecule has 0 N–H and O–H groups in total. The monoisotopic (exact) mass is 300 g/mol. The number of anilines is 1. The summed E-state index contributed by atoms with van der Waals surface area (Å²) in [5, 5.41) is 0. The second-order valence-electron chi connectivity index (χ2n) is 6.69. The number of carbonyl (C=O) groups excluding carboxylic acids is 2. The van der Waals surface area contributed by atoms with E-state index in [4.69, 9.17) is 0 Å². The molecule has 3 fully saturated rings. The van der Waals surface area contributed by atoms with Gasteiger partial charge in [-0.25, -0.2) is 9.97 Å². The Labute approximate surface area is 129 Å². The molecule has 0 unspecified atom stereocenters. The number of rotatable bonds is 3. The molecule has 2 aliphatic heterocycles. The van der Waals surface area contributed by atoms with E-state index in [0.717, 1.165) is 18.7 Å². The highest BCUT2D eigenvalue weighted by Gasteiger charge is 2.45. The summed E-state index contributed by atoms with van der Waals surface area (Å²) in [5.74, 6) is 1.21. The lowest BCUT2D eigenvalue weighted by Crippen LogP contribution is -2.45. The van der Waals surface area contributed by atoms with Crippen molar-refractivity contribution in [2.75, 3.05) is 24.5 Å². The molecule has 2 saturated heterocycles. The third-order valence-corrected chi connectivity index (χ3v) is 5.12. The van der Waals surface area contributed by atoms with Crippen LogP contribution in [0, 0.1) is 17.8 Å². The van der Waals surface area contributed by atoms with Crippen molar-refractivity contribution < 1.29 is 9.59 Å². The SMILES string of the molecule is O=C(CC1CC1)N1C[C@@H]2CCN(c3cncnc3)C(=O)[C@@H]2C1. The summed E-state index contributed by atoms with van der Waals surface area (Å²) in [4.78, 5) is 36.7. The van der Waals surface area contributed by atoms with Gasteiger partial charge in [0.2, 0.25) is 11.8 Å². The first kappa shape index (κ1) is 13.7. The number of aromatic nitrogens is 2. The molecule has 2 amide bonds. The minimum atomic E-state index is -0.0582. The molecule has 0 radical (unpaired) electrons. The summed E-state index contributed by atoms with van der Waals surface area (Å²) < 4.78 is 0. The van der Waals surface area contributed by atoms with Crippen molar-refractivity contribution in [1.82, 2.24) is 14.9 Å². The first-order valence-corrected chi connectivity index (χ1v) is 8.06. The van der Waals surface area contributed by atoms with Gasteiger partial charge in [0.15, 0.2) is 0 Å². The van der Waals surface area contributed by atoms with Gasteiger partial charge in [-0.1, -0.05) is 0 Å². The van der Waals surface area contributed by atoms with Crippen molar-refractivity contribution in [2.24, 2.45) is 17.8 Å². The quantitative estimate of drug-likeness (QED) is 0.838. The summed E-state index contributed by atoms with van der Waals surface area (Å²) in [6.07, 6.45) is 8.81. The summed E-state index contributed by atoms with van der Waals surface area (Å²) in [5.41, 5.74) is 0.758. The van der Waals surface area contributed by atoms with Crippen LogP contribution in [0.2, 0.25) is 0 Å². The van der Waals surface area contributed by atoms with Gasteiger partial charge in [0.25, 0.3) is 0 Å². The number of hydrogen-bond acceptors (Lipinski definition) is 4. The minimum absolute atomic E-state index is 0.0582. The maximum atomic E-state index is 12.7. The van der Waals surface area contributed by atoms with E-state index in [9.17, 15) is 9.59 Å². The molecule has 22 heavy (non-hydrogen) atoms. The largest absolute Gasteiger partial charge is 0.342 e. The Hall–Kier alpha value is -1.98. The Balaban J connectivity index is 1.46. The number of fused-ring (bicyclic) bond motifs is 1.